The molecule has 6 N–H and O–H groups in total. The minimum atomic E-state index is -0.852. The SMILES string of the molecule is CCC(=O)Nc1cc(CC(=O)NO)c(O)c(O)c1O. The molecule has 0 unspecified atom stereocenters. The van der Waals surface area contributed by atoms with Gasteiger partial charge in [0.25, 0.3) is 0 Å². The van der Waals surface area contributed by atoms with Gasteiger partial charge in [-0.05, 0) is 6.07 Å². The number of anilines is 1. The number of hydroxylamine groups is 1. The van der Waals surface area contributed by atoms with Crippen LogP contribution in [0, 0.1) is 0 Å². The number of carbonyl (C=O) groups is 2. The van der Waals surface area contributed by atoms with Crippen molar-refractivity contribution in [1.82, 2.24) is 5.48 Å². The molecule has 0 saturated carbocycles. The summed E-state index contributed by atoms with van der Waals surface area (Å²) in [5, 5.41) is 39.3. The summed E-state index contributed by atoms with van der Waals surface area (Å²) in [6.45, 7) is 1.59. The summed E-state index contributed by atoms with van der Waals surface area (Å²) in [5.74, 6) is -3.50. The van der Waals surface area contributed by atoms with E-state index in [0.717, 1.165) is 6.07 Å². The van der Waals surface area contributed by atoms with Crippen LogP contribution in [0.15, 0.2) is 6.07 Å². The maximum Gasteiger partial charge on any atom is 0.247 e. The molecule has 0 atom stereocenters. The summed E-state index contributed by atoms with van der Waals surface area (Å²) in [7, 11) is 0. The lowest BCUT2D eigenvalue weighted by Crippen LogP contribution is -2.21. The Morgan fingerprint density at radius 3 is 2.26 bits per heavy atom. The minimum absolute atomic E-state index is 0.0618. The van der Waals surface area contributed by atoms with Crippen molar-refractivity contribution < 1.29 is 30.1 Å². The smallest absolute Gasteiger partial charge is 0.247 e. The predicted octanol–water partition coefficient (Wildman–Crippen LogP) is 0.200. The van der Waals surface area contributed by atoms with Crippen LogP contribution in [0.3, 0.4) is 0 Å². The molecule has 19 heavy (non-hydrogen) atoms. The Bertz CT molecular complexity index is 472. The van der Waals surface area contributed by atoms with Gasteiger partial charge in [0.05, 0.1) is 12.1 Å². The third-order valence-corrected chi connectivity index (χ3v) is 2.40. The largest absolute Gasteiger partial charge is 0.504 e. The van der Waals surface area contributed by atoms with Gasteiger partial charge in [-0.1, -0.05) is 6.92 Å². The summed E-state index contributed by atoms with van der Waals surface area (Å²) < 4.78 is 0. The first-order chi connectivity index (χ1) is 8.90. The van der Waals surface area contributed by atoms with Crippen molar-refractivity contribution in [1.29, 1.82) is 0 Å². The van der Waals surface area contributed by atoms with Crippen LogP contribution in [-0.4, -0.2) is 32.3 Å². The zero-order valence-electron chi connectivity index (χ0n) is 10.1. The van der Waals surface area contributed by atoms with Crippen LogP contribution >= 0.6 is 0 Å². The summed E-state index contributed by atoms with van der Waals surface area (Å²) >= 11 is 0. The fourth-order valence-corrected chi connectivity index (χ4v) is 1.38. The van der Waals surface area contributed by atoms with Crippen LogP contribution in [-0.2, 0) is 16.0 Å². The minimum Gasteiger partial charge on any atom is -0.504 e. The second kappa shape index (κ2) is 5.91. The van der Waals surface area contributed by atoms with E-state index in [1.807, 2.05) is 0 Å². The summed E-state index contributed by atoms with van der Waals surface area (Å²) in [4.78, 5) is 22.2. The molecule has 0 fully saturated rings. The number of benzene rings is 1. The number of aromatic hydroxyl groups is 3. The normalized spacial score (nSPS) is 10.0. The van der Waals surface area contributed by atoms with Crippen molar-refractivity contribution in [2.24, 2.45) is 0 Å². The fourth-order valence-electron chi connectivity index (χ4n) is 1.38. The molecule has 0 aliphatic heterocycles. The van der Waals surface area contributed by atoms with E-state index in [-0.39, 0.29) is 17.7 Å². The molecule has 0 spiro atoms. The van der Waals surface area contributed by atoms with E-state index in [1.54, 1.807) is 6.92 Å². The average molecular weight is 270 g/mol. The van der Waals surface area contributed by atoms with Crippen LogP contribution in [0.4, 0.5) is 5.69 Å². The summed E-state index contributed by atoms with van der Waals surface area (Å²) in [6, 6.07) is 1.13. The van der Waals surface area contributed by atoms with Gasteiger partial charge < -0.3 is 20.6 Å². The third-order valence-electron chi connectivity index (χ3n) is 2.40. The van der Waals surface area contributed by atoms with Crippen LogP contribution in [0.5, 0.6) is 17.2 Å². The first kappa shape index (κ1) is 14.6. The first-order valence-electron chi connectivity index (χ1n) is 5.40. The topological polar surface area (TPSA) is 139 Å². The Kier molecular flexibility index (Phi) is 4.54. The zero-order chi connectivity index (χ0) is 14.6. The van der Waals surface area contributed by atoms with Crippen molar-refractivity contribution >= 4 is 17.5 Å². The molecule has 0 aromatic heterocycles. The molecule has 0 bridgehead atoms. The number of amides is 2. The number of nitrogens with one attached hydrogen (secondary N) is 2. The van der Waals surface area contributed by atoms with E-state index in [2.05, 4.69) is 5.32 Å². The molecule has 0 saturated heterocycles. The monoisotopic (exact) mass is 270 g/mol. The number of rotatable bonds is 4. The molecule has 8 heteroatoms. The highest BCUT2D eigenvalue weighted by atomic mass is 16.5. The van der Waals surface area contributed by atoms with Gasteiger partial charge in [-0.25, -0.2) is 5.48 Å². The maximum absolute atomic E-state index is 11.2. The lowest BCUT2D eigenvalue weighted by Gasteiger charge is -2.12. The fraction of sp³-hybridized carbons (Fsp3) is 0.273. The van der Waals surface area contributed by atoms with Gasteiger partial charge in [0.1, 0.15) is 0 Å². The molecule has 0 aliphatic rings. The van der Waals surface area contributed by atoms with Gasteiger partial charge in [-0.2, -0.15) is 0 Å². The van der Waals surface area contributed by atoms with Crippen molar-refractivity contribution in [2.75, 3.05) is 5.32 Å². The van der Waals surface area contributed by atoms with Crippen molar-refractivity contribution in [3.8, 4) is 17.2 Å². The first-order valence-corrected chi connectivity index (χ1v) is 5.40. The molecule has 1 aromatic carbocycles. The van der Waals surface area contributed by atoms with Gasteiger partial charge >= 0.3 is 0 Å². The number of hydrogen-bond acceptors (Lipinski definition) is 6. The lowest BCUT2D eigenvalue weighted by atomic mass is 10.1. The van der Waals surface area contributed by atoms with E-state index in [4.69, 9.17) is 5.21 Å². The van der Waals surface area contributed by atoms with Crippen LogP contribution in [0.2, 0.25) is 0 Å². The van der Waals surface area contributed by atoms with Crippen molar-refractivity contribution in [2.45, 2.75) is 19.8 Å². The van der Waals surface area contributed by atoms with E-state index >= 15 is 0 Å². The lowest BCUT2D eigenvalue weighted by molar-refractivity contribution is -0.128. The van der Waals surface area contributed by atoms with Crippen LogP contribution < -0.4 is 10.8 Å². The molecule has 104 valence electrons. The predicted molar refractivity (Wildman–Crippen MR) is 64.0 cm³/mol. The van der Waals surface area contributed by atoms with E-state index in [0.29, 0.717) is 0 Å². The Balaban J connectivity index is 3.18. The molecule has 0 radical (unpaired) electrons. The van der Waals surface area contributed by atoms with E-state index in [1.165, 1.54) is 5.48 Å². The quantitative estimate of drug-likeness (QED) is 0.200. The number of phenols is 3. The van der Waals surface area contributed by atoms with Crippen LogP contribution in [0.25, 0.3) is 0 Å². The Morgan fingerprint density at radius 1 is 1.11 bits per heavy atom. The highest BCUT2D eigenvalue weighted by Gasteiger charge is 2.19. The van der Waals surface area contributed by atoms with Gasteiger partial charge in [-0.3, -0.25) is 14.8 Å². The molecule has 8 nitrogen and oxygen atoms in total. The van der Waals surface area contributed by atoms with Gasteiger partial charge in [0.15, 0.2) is 11.5 Å². The van der Waals surface area contributed by atoms with Crippen molar-refractivity contribution in [3.05, 3.63) is 11.6 Å². The van der Waals surface area contributed by atoms with Gasteiger partial charge in [0.2, 0.25) is 17.6 Å². The zero-order valence-corrected chi connectivity index (χ0v) is 10.1. The molecule has 1 aromatic rings. The molecular formula is C11H14N2O6. The van der Waals surface area contributed by atoms with E-state index in [9.17, 15) is 24.9 Å². The molecule has 1 rings (SSSR count). The second-order valence-corrected chi connectivity index (χ2v) is 3.74. The van der Waals surface area contributed by atoms with Crippen molar-refractivity contribution in [3.63, 3.8) is 0 Å². The number of hydrogen-bond donors (Lipinski definition) is 6. The van der Waals surface area contributed by atoms with E-state index < -0.39 is 35.5 Å². The highest BCUT2D eigenvalue weighted by Crippen LogP contribution is 2.43. The average Bonchev–Trinajstić information content (AvgIpc) is 2.41. The van der Waals surface area contributed by atoms with Gasteiger partial charge in [-0.15, -0.1) is 0 Å². The third kappa shape index (κ3) is 3.26. The molecule has 0 heterocycles. The molecular weight excluding hydrogens is 256 g/mol. The summed E-state index contributed by atoms with van der Waals surface area (Å²) in [6.07, 6.45) is -0.293. The highest BCUT2D eigenvalue weighted by molar-refractivity contribution is 5.93. The molecule has 0 aliphatic carbocycles. The Labute approximate surface area is 108 Å². The maximum atomic E-state index is 11.2. The standard InChI is InChI=1S/C11H14N2O6/c1-2-7(14)12-6-3-5(4-8(15)13-19)9(16)11(18)10(6)17/h3,16-19H,2,4H2,1H3,(H,12,14)(H,13,15). The summed E-state index contributed by atoms with van der Waals surface area (Å²) in [5.41, 5.74) is 1.17. The van der Waals surface area contributed by atoms with Crippen LogP contribution in [0.1, 0.15) is 18.9 Å². The number of phenolic OH excluding ortho intramolecular Hbond substituents is 3. The molecule has 2 amide bonds. The second-order valence-electron chi connectivity index (χ2n) is 3.74. The number of carbonyl (C=O) groups excluding carboxylic acids is 2. The van der Waals surface area contributed by atoms with Gasteiger partial charge in [0, 0.05) is 12.0 Å². The Hall–Kier alpha value is -2.48. The Morgan fingerprint density at radius 2 is 1.74 bits per heavy atom.